The van der Waals surface area contributed by atoms with Gasteiger partial charge in [-0.25, -0.2) is 0 Å². The second kappa shape index (κ2) is 5.71. The van der Waals surface area contributed by atoms with Gasteiger partial charge in [-0.15, -0.1) is 0 Å². The molecule has 1 fully saturated rings. The van der Waals surface area contributed by atoms with Crippen molar-refractivity contribution >= 4 is 11.6 Å². The van der Waals surface area contributed by atoms with Crippen molar-refractivity contribution in [2.45, 2.75) is 43.9 Å². The number of aliphatic hydroxyl groups is 1. The monoisotopic (exact) mass is 276 g/mol. The maximum atomic E-state index is 12.2. The van der Waals surface area contributed by atoms with Gasteiger partial charge in [0.25, 0.3) is 5.91 Å². The third kappa shape index (κ3) is 2.88. The van der Waals surface area contributed by atoms with Crippen molar-refractivity contribution in [3.8, 4) is 5.75 Å². The number of ether oxygens (including phenoxy) is 1. The minimum absolute atomic E-state index is 0.0756. The Morgan fingerprint density at radius 2 is 2.00 bits per heavy atom. The van der Waals surface area contributed by atoms with E-state index in [1.807, 2.05) is 24.3 Å². The number of fused-ring (bicyclic) bond motifs is 1. The van der Waals surface area contributed by atoms with Crippen LogP contribution in [0.4, 0.5) is 5.69 Å². The molecule has 3 rings (SSSR count). The van der Waals surface area contributed by atoms with Gasteiger partial charge in [0.15, 0.2) is 6.10 Å². The third-order valence-electron chi connectivity index (χ3n) is 3.97. The second-order valence-corrected chi connectivity index (χ2v) is 5.50. The fourth-order valence-electron chi connectivity index (χ4n) is 2.77. The average Bonchev–Trinajstić information content (AvgIpc) is 2.49. The molecule has 0 saturated heterocycles. The lowest BCUT2D eigenvalue weighted by Crippen LogP contribution is -2.49. The van der Waals surface area contributed by atoms with Crippen LogP contribution in [-0.2, 0) is 4.79 Å². The number of carbonyl (C=O) groups is 1. The third-order valence-corrected chi connectivity index (χ3v) is 3.97. The van der Waals surface area contributed by atoms with Gasteiger partial charge in [-0.2, -0.15) is 0 Å². The number of carbonyl (C=O) groups excluding carboxylic acids is 1. The lowest BCUT2D eigenvalue weighted by Gasteiger charge is -2.30. The molecular weight excluding hydrogens is 256 g/mol. The van der Waals surface area contributed by atoms with E-state index in [0.29, 0.717) is 6.54 Å². The van der Waals surface area contributed by atoms with Gasteiger partial charge < -0.3 is 20.5 Å². The second-order valence-electron chi connectivity index (χ2n) is 5.50. The van der Waals surface area contributed by atoms with Crippen molar-refractivity contribution in [3.63, 3.8) is 0 Å². The van der Waals surface area contributed by atoms with Crippen LogP contribution >= 0.6 is 0 Å². The van der Waals surface area contributed by atoms with E-state index in [2.05, 4.69) is 10.6 Å². The summed E-state index contributed by atoms with van der Waals surface area (Å²) >= 11 is 0. The summed E-state index contributed by atoms with van der Waals surface area (Å²) in [5.41, 5.74) is 0.928. The Morgan fingerprint density at radius 3 is 2.80 bits per heavy atom. The Bertz CT molecular complexity index is 484. The molecule has 2 aliphatic rings. The summed E-state index contributed by atoms with van der Waals surface area (Å²) in [6.07, 6.45) is 2.50. The van der Waals surface area contributed by atoms with Crippen LogP contribution in [0.2, 0.25) is 0 Å². The highest BCUT2D eigenvalue weighted by atomic mass is 16.5. The molecule has 1 aliphatic carbocycles. The molecule has 1 aliphatic heterocycles. The number of nitrogens with one attached hydrogen (secondary N) is 2. The molecule has 1 saturated carbocycles. The number of rotatable bonds is 2. The predicted octanol–water partition coefficient (Wildman–Crippen LogP) is 1.28. The van der Waals surface area contributed by atoms with Gasteiger partial charge in [0.2, 0.25) is 0 Å². The molecule has 0 aromatic heterocycles. The van der Waals surface area contributed by atoms with E-state index < -0.39 is 6.10 Å². The molecule has 0 bridgehead atoms. The largest absolute Gasteiger partial charge is 0.477 e. The highest BCUT2D eigenvalue weighted by Gasteiger charge is 2.28. The highest BCUT2D eigenvalue weighted by Crippen LogP contribution is 2.28. The van der Waals surface area contributed by atoms with Crippen LogP contribution in [0.25, 0.3) is 0 Å². The molecule has 0 spiro atoms. The summed E-state index contributed by atoms with van der Waals surface area (Å²) in [6.45, 7) is 0.484. The Kier molecular flexibility index (Phi) is 3.78. The predicted molar refractivity (Wildman–Crippen MR) is 75.8 cm³/mol. The van der Waals surface area contributed by atoms with Gasteiger partial charge in [0.05, 0.1) is 18.3 Å². The molecule has 1 aromatic carbocycles. The Balaban J connectivity index is 1.56. The van der Waals surface area contributed by atoms with Crippen LogP contribution in [0.15, 0.2) is 24.3 Å². The minimum Gasteiger partial charge on any atom is -0.477 e. The van der Waals surface area contributed by atoms with Gasteiger partial charge in [0.1, 0.15) is 5.75 Å². The van der Waals surface area contributed by atoms with Crippen LogP contribution in [0.3, 0.4) is 0 Å². The molecule has 108 valence electrons. The normalized spacial score (nSPS) is 28.8. The van der Waals surface area contributed by atoms with Gasteiger partial charge in [-0.1, -0.05) is 12.1 Å². The van der Waals surface area contributed by atoms with E-state index in [9.17, 15) is 9.90 Å². The van der Waals surface area contributed by atoms with Crippen molar-refractivity contribution in [3.05, 3.63) is 24.3 Å². The molecule has 1 unspecified atom stereocenters. The van der Waals surface area contributed by atoms with E-state index in [4.69, 9.17) is 4.74 Å². The summed E-state index contributed by atoms with van der Waals surface area (Å²) in [5, 5.41) is 15.7. The topological polar surface area (TPSA) is 70.6 Å². The molecule has 1 atom stereocenters. The van der Waals surface area contributed by atoms with Crippen molar-refractivity contribution in [1.82, 2.24) is 5.32 Å². The van der Waals surface area contributed by atoms with Gasteiger partial charge in [-0.3, -0.25) is 4.79 Å². The van der Waals surface area contributed by atoms with Crippen LogP contribution < -0.4 is 15.4 Å². The zero-order valence-corrected chi connectivity index (χ0v) is 11.3. The molecular formula is C15H20N2O3. The molecule has 1 heterocycles. The number of benzene rings is 1. The van der Waals surface area contributed by atoms with Crippen LogP contribution in [0.1, 0.15) is 25.7 Å². The summed E-state index contributed by atoms with van der Waals surface area (Å²) < 4.78 is 5.73. The number of anilines is 1. The fourth-order valence-corrected chi connectivity index (χ4v) is 2.77. The molecule has 0 radical (unpaired) electrons. The molecule has 5 heteroatoms. The molecule has 1 amide bonds. The smallest absolute Gasteiger partial charge is 0.263 e. The fraction of sp³-hybridized carbons (Fsp3) is 0.533. The molecule has 5 nitrogen and oxygen atoms in total. The Hall–Kier alpha value is -1.75. The van der Waals surface area contributed by atoms with Crippen molar-refractivity contribution < 1.29 is 14.6 Å². The quantitative estimate of drug-likeness (QED) is 0.761. The first-order valence-electron chi connectivity index (χ1n) is 7.20. The van der Waals surface area contributed by atoms with Crippen LogP contribution in [0, 0.1) is 0 Å². The van der Waals surface area contributed by atoms with E-state index >= 15 is 0 Å². The standard InChI is InChI=1S/C15H20N2O3/c18-11-7-5-10(6-8-11)17-15(19)14-9-16-12-3-1-2-4-13(12)20-14/h1-4,10-11,14,16,18H,5-9H2,(H,17,19). The van der Waals surface area contributed by atoms with Gasteiger partial charge in [-0.05, 0) is 37.8 Å². The highest BCUT2D eigenvalue weighted by molar-refractivity contribution is 5.83. The molecule has 20 heavy (non-hydrogen) atoms. The summed E-state index contributed by atoms with van der Waals surface area (Å²) in [5.74, 6) is 0.645. The van der Waals surface area contributed by atoms with E-state index in [1.54, 1.807) is 0 Å². The SMILES string of the molecule is O=C(NC1CCC(O)CC1)C1CNc2ccccc2O1. The number of hydrogen-bond donors (Lipinski definition) is 3. The first kappa shape index (κ1) is 13.2. The van der Waals surface area contributed by atoms with Crippen molar-refractivity contribution in [2.24, 2.45) is 0 Å². The number of para-hydroxylation sites is 2. The zero-order valence-electron chi connectivity index (χ0n) is 11.3. The van der Waals surface area contributed by atoms with E-state index in [1.165, 1.54) is 0 Å². The lowest BCUT2D eigenvalue weighted by atomic mass is 9.93. The van der Waals surface area contributed by atoms with E-state index in [-0.39, 0.29) is 18.1 Å². The van der Waals surface area contributed by atoms with Crippen molar-refractivity contribution in [1.29, 1.82) is 0 Å². The number of aliphatic hydroxyl groups excluding tert-OH is 1. The lowest BCUT2D eigenvalue weighted by molar-refractivity contribution is -0.128. The Morgan fingerprint density at radius 1 is 1.25 bits per heavy atom. The van der Waals surface area contributed by atoms with Gasteiger partial charge in [0, 0.05) is 6.04 Å². The van der Waals surface area contributed by atoms with Gasteiger partial charge >= 0.3 is 0 Å². The van der Waals surface area contributed by atoms with Crippen molar-refractivity contribution in [2.75, 3.05) is 11.9 Å². The molecule has 3 N–H and O–H groups in total. The number of hydrogen-bond acceptors (Lipinski definition) is 4. The summed E-state index contributed by atoms with van der Waals surface area (Å²) in [7, 11) is 0. The first-order chi connectivity index (χ1) is 9.72. The van der Waals surface area contributed by atoms with Crippen LogP contribution in [0.5, 0.6) is 5.75 Å². The van der Waals surface area contributed by atoms with Crippen LogP contribution in [-0.4, -0.2) is 35.8 Å². The zero-order chi connectivity index (χ0) is 13.9. The van der Waals surface area contributed by atoms with E-state index in [0.717, 1.165) is 37.1 Å². The maximum Gasteiger partial charge on any atom is 0.263 e. The summed E-state index contributed by atoms with van der Waals surface area (Å²) in [6, 6.07) is 7.78. The Labute approximate surface area is 118 Å². The minimum atomic E-state index is -0.489. The summed E-state index contributed by atoms with van der Waals surface area (Å²) in [4.78, 5) is 12.2. The number of amides is 1. The maximum absolute atomic E-state index is 12.2. The first-order valence-corrected chi connectivity index (χ1v) is 7.20. The molecule has 1 aromatic rings. The average molecular weight is 276 g/mol.